The Bertz CT molecular complexity index is 391. The Hall–Kier alpha value is -0.880. The van der Waals surface area contributed by atoms with Gasteiger partial charge in [-0.1, -0.05) is 11.6 Å². The molecule has 0 fully saturated rings. The largest absolute Gasteiger partial charge is 0.419 e. The van der Waals surface area contributed by atoms with Crippen LogP contribution in [0.5, 0.6) is 0 Å². The molecule has 0 saturated heterocycles. The van der Waals surface area contributed by atoms with E-state index in [0.29, 0.717) is 12.1 Å². The van der Waals surface area contributed by atoms with Crippen LogP contribution in [0.3, 0.4) is 0 Å². The van der Waals surface area contributed by atoms with Crippen LogP contribution in [-0.4, -0.2) is 4.45 Å². The van der Waals surface area contributed by atoms with Gasteiger partial charge in [0.15, 0.2) is 4.45 Å². The van der Waals surface area contributed by atoms with Gasteiger partial charge in [-0.05, 0) is 30.4 Å². The van der Waals surface area contributed by atoms with E-state index in [2.05, 4.69) is 17.5 Å². The van der Waals surface area contributed by atoms with Crippen molar-refractivity contribution >= 4 is 34.0 Å². The summed E-state index contributed by atoms with van der Waals surface area (Å²) < 4.78 is 49.2. The first-order chi connectivity index (χ1) is 6.80. The number of thiocarbonyl (C=S) groups is 1. The van der Waals surface area contributed by atoms with Crippen molar-refractivity contribution in [1.82, 2.24) is 0 Å². The van der Waals surface area contributed by atoms with Crippen LogP contribution in [0.2, 0.25) is 0 Å². The first kappa shape index (κ1) is 12.2. The van der Waals surface area contributed by atoms with Crippen LogP contribution in [0.4, 0.5) is 23.2 Å². The van der Waals surface area contributed by atoms with Crippen molar-refractivity contribution in [2.75, 3.05) is 5.32 Å². The van der Waals surface area contributed by atoms with E-state index in [1.807, 2.05) is 0 Å². The topological polar surface area (TPSA) is 12.0 Å². The molecule has 0 aliphatic rings. The van der Waals surface area contributed by atoms with Crippen LogP contribution in [0.15, 0.2) is 18.2 Å². The van der Waals surface area contributed by atoms with E-state index in [0.717, 1.165) is 6.07 Å². The Labute approximate surface area is 93.0 Å². The van der Waals surface area contributed by atoms with Crippen molar-refractivity contribution in [3.05, 3.63) is 29.6 Å². The van der Waals surface area contributed by atoms with Crippen LogP contribution in [0.1, 0.15) is 5.56 Å². The maximum absolute atomic E-state index is 13.0. The Morgan fingerprint density at radius 2 is 1.93 bits per heavy atom. The molecule has 0 amide bonds. The van der Waals surface area contributed by atoms with Crippen molar-refractivity contribution in [3.8, 4) is 0 Å². The van der Waals surface area contributed by atoms with Gasteiger partial charge in [-0.2, -0.15) is 13.2 Å². The van der Waals surface area contributed by atoms with Crippen LogP contribution in [0, 0.1) is 5.82 Å². The van der Waals surface area contributed by atoms with Crippen LogP contribution in [0.25, 0.3) is 0 Å². The molecule has 82 valence electrons. The van der Waals surface area contributed by atoms with Crippen molar-refractivity contribution in [2.45, 2.75) is 6.18 Å². The van der Waals surface area contributed by atoms with Gasteiger partial charge >= 0.3 is 6.18 Å². The predicted molar refractivity (Wildman–Crippen MR) is 53.5 cm³/mol. The normalized spacial score (nSPS) is 11.3. The van der Waals surface area contributed by atoms with Gasteiger partial charge in [0.25, 0.3) is 0 Å². The monoisotopic (exact) mass is 257 g/mol. The lowest BCUT2D eigenvalue weighted by molar-refractivity contribution is -0.139. The molecule has 0 spiro atoms. The number of benzene rings is 1. The Kier molecular flexibility index (Phi) is 3.51. The average molecular weight is 258 g/mol. The van der Waals surface area contributed by atoms with Crippen molar-refractivity contribution in [3.63, 3.8) is 0 Å². The molecule has 15 heavy (non-hydrogen) atoms. The molecule has 1 rings (SSSR count). The number of rotatable bonds is 1. The fourth-order valence-electron chi connectivity index (χ4n) is 0.936. The number of hydrogen-bond donors (Lipinski definition) is 1. The molecule has 0 radical (unpaired) electrons. The quantitative estimate of drug-likeness (QED) is 0.356. The summed E-state index contributed by atoms with van der Waals surface area (Å²) in [5, 5.41) is 2.31. The lowest BCUT2D eigenvalue weighted by Gasteiger charge is -2.09. The van der Waals surface area contributed by atoms with E-state index < -0.39 is 17.6 Å². The predicted octanol–water partition coefficient (Wildman–Crippen LogP) is 3.78. The van der Waals surface area contributed by atoms with Gasteiger partial charge in [0.1, 0.15) is 5.82 Å². The van der Waals surface area contributed by atoms with Crippen molar-refractivity contribution in [2.24, 2.45) is 0 Å². The molecule has 0 unspecified atom stereocenters. The molecule has 0 bridgehead atoms. The van der Waals surface area contributed by atoms with E-state index in [4.69, 9.17) is 11.6 Å². The van der Waals surface area contributed by atoms with Gasteiger partial charge in [-0.25, -0.2) is 4.39 Å². The molecule has 0 saturated carbocycles. The fourth-order valence-corrected chi connectivity index (χ4v) is 1.16. The highest BCUT2D eigenvalue weighted by Crippen LogP contribution is 2.32. The molecule has 0 aromatic heterocycles. The van der Waals surface area contributed by atoms with E-state index in [1.165, 1.54) is 0 Å². The lowest BCUT2D eigenvalue weighted by atomic mass is 10.2. The number of hydrogen-bond acceptors (Lipinski definition) is 1. The van der Waals surface area contributed by atoms with E-state index in [9.17, 15) is 17.6 Å². The van der Waals surface area contributed by atoms with Crippen LogP contribution < -0.4 is 5.32 Å². The van der Waals surface area contributed by atoms with Gasteiger partial charge < -0.3 is 5.32 Å². The lowest BCUT2D eigenvalue weighted by Crippen LogP contribution is -2.09. The molecule has 0 heterocycles. The van der Waals surface area contributed by atoms with E-state index >= 15 is 0 Å². The summed E-state index contributed by atoms with van der Waals surface area (Å²) in [6, 6.07) is 2.34. The summed E-state index contributed by atoms with van der Waals surface area (Å²) >= 11 is 9.71. The molecule has 0 atom stereocenters. The summed E-state index contributed by atoms with van der Waals surface area (Å²) in [5.74, 6) is -1.37. The number of nitrogens with one attached hydrogen (secondary N) is 1. The molecule has 1 N–H and O–H groups in total. The molecule has 0 aliphatic heterocycles. The van der Waals surface area contributed by atoms with Crippen molar-refractivity contribution < 1.29 is 17.6 Å². The molecule has 1 nitrogen and oxygen atoms in total. The summed E-state index contributed by atoms with van der Waals surface area (Å²) in [5.41, 5.74) is -1.26. The smallest absolute Gasteiger partial charge is 0.337 e. The summed E-state index contributed by atoms with van der Waals surface area (Å²) in [7, 11) is 0. The third-order valence-electron chi connectivity index (χ3n) is 1.52. The van der Waals surface area contributed by atoms with Gasteiger partial charge in [0.2, 0.25) is 0 Å². The molecular weight excluding hydrogens is 254 g/mol. The second-order valence-electron chi connectivity index (χ2n) is 2.59. The van der Waals surface area contributed by atoms with E-state index in [1.54, 1.807) is 0 Å². The third-order valence-corrected chi connectivity index (χ3v) is 1.71. The number of halogens is 5. The highest BCUT2D eigenvalue weighted by molar-refractivity contribution is 7.83. The third kappa shape index (κ3) is 3.32. The fraction of sp³-hybridized carbons (Fsp3) is 0.125. The molecule has 7 heteroatoms. The minimum atomic E-state index is -4.70. The Morgan fingerprint density at radius 3 is 2.33 bits per heavy atom. The summed E-state index contributed by atoms with van der Waals surface area (Å²) in [6.45, 7) is 0. The van der Waals surface area contributed by atoms with Crippen LogP contribution >= 0.6 is 23.8 Å². The summed E-state index contributed by atoms with van der Waals surface area (Å²) in [6.07, 6.45) is -4.70. The highest BCUT2D eigenvalue weighted by Gasteiger charge is 2.33. The second kappa shape index (κ2) is 4.32. The number of anilines is 1. The van der Waals surface area contributed by atoms with Crippen molar-refractivity contribution in [1.29, 1.82) is 0 Å². The molecule has 1 aromatic carbocycles. The standard InChI is InChI=1S/C8H4ClF4NS/c9-7(15)14-4-1-2-5(6(10)3-4)8(11,12)13/h1-3H,(H,14,15). The van der Waals surface area contributed by atoms with Gasteiger partial charge in [-0.3, -0.25) is 0 Å². The van der Waals surface area contributed by atoms with Gasteiger partial charge in [-0.15, -0.1) is 0 Å². The first-order valence-corrected chi connectivity index (χ1v) is 4.42. The average Bonchev–Trinajstić information content (AvgIpc) is 1.99. The maximum atomic E-state index is 13.0. The minimum Gasteiger partial charge on any atom is -0.337 e. The van der Waals surface area contributed by atoms with E-state index in [-0.39, 0.29) is 10.1 Å². The first-order valence-electron chi connectivity index (χ1n) is 3.64. The Morgan fingerprint density at radius 1 is 1.33 bits per heavy atom. The minimum absolute atomic E-state index is 0.0699. The Balaban J connectivity index is 3.04. The SMILES string of the molecule is Fc1cc(NC(=S)Cl)ccc1C(F)(F)F. The van der Waals surface area contributed by atoms with Gasteiger partial charge in [0, 0.05) is 5.69 Å². The molecule has 0 aliphatic carbocycles. The zero-order chi connectivity index (χ0) is 11.6. The van der Waals surface area contributed by atoms with Crippen LogP contribution in [-0.2, 0) is 6.18 Å². The van der Waals surface area contributed by atoms with Gasteiger partial charge in [0.05, 0.1) is 5.56 Å². The molecular formula is C8H4ClF4NS. The number of alkyl halides is 3. The molecule has 1 aromatic rings. The highest BCUT2D eigenvalue weighted by atomic mass is 35.5. The maximum Gasteiger partial charge on any atom is 0.419 e. The zero-order valence-electron chi connectivity index (χ0n) is 7.03. The zero-order valence-corrected chi connectivity index (χ0v) is 8.60. The summed E-state index contributed by atoms with van der Waals surface area (Å²) in [4.78, 5) is 0. The second-order valence-corrected chi connectivity index (χ2v) is 3.60.